The van der Waals surface area contributed by atoms with Crippen molar-refractivity contribution in [3.8, 4) is 0 Å². The van der Waals surface area contributed by atoms with Crippen LogP contribution in [0.2, 0.25) is 0 Å². The van der Waals surface area contributed by atoms with Gasteiger partial charge in [0.05, 0.1) is 24.7 Å². The molecule has 0 aromatic heterocycles. The quantitative estimate of drug-likeness (QED) is 0.214. The zero-order valence-electron chi connectivity index (χ0n) is 16.5. The predicted molar refractivity (Wildman–Crippen MR) is 102 cm³/mol. The SMILES string of the molecule is C=C1C(=O)O[C@@H]2[C@H]3C(=C)[C@@H](O)C[C@H]3C(=C)C[C@H](O[C@@H]3O[C@H](CO)[C@@H](O)[C@H](O)[C@H]3O)[C@@H]12. The molecule has 5 N–H and O–H groups in total. The minimum atomic E-state index is -1.58. The van der Waals surface area contributed by atoms with Gasteiger partial charge in [-0.25, -0.2) is 4.79 Å². The summed E-state index contributed by atoms with van der Waals surface area (Å²) < 4.78 is 17.1. The average molecular weight is 424 g/mol. The first-order chi connectivity index (χ1) is 14.1. The zero-order valence-corrected chi connectivity index (χ0v) is 16.5. The van der Waals surface area contributed by atoms with Gasteiger partial charge in [0.2, 0.25) is 0 Å². The second-order valence-corrected chi connectivity index (χ2v) is 8.61. The fraction of sp³-hybridized carbons (Fsp3) is 0.667. The van der Waals surface area contributed by atoms with E-state index in [0.29, 0.717) is 12.0 Å². The van der Waals surface area contributed by atoms with Crippen molar-refractivity contribution in [2.24, 2.45) is 17.8 Å². The van der Waals surface area contributed by atoms with Crippen molar-refractivity contribution < 1.29 is 44.5 Å². The van der Waals surface area contributed by atoms with Gasteiger partial charge in [-0.15, -0.1) is 0 Å². The van der Waals surface area contributed by atoms with E-state index < -0.39 is 67.5 Å². The first-order valence-electron chi connectivity index (χ1n) is 10.1. The number of aliphatic hydroxyl groups excluding tert-OH is 5. The van der Waals surface area contributed by atoms with Gasteiger partial charge in [0.25, 0.3) is 0 Å². The third kappa shape index (κ3) is 3.25. The highest BCUT2D eigenvalue weighted by Crippen LogP contribution is 2.52. The first-order valence-corrected chi connectivity index (χ1v) is 10.1. The van der Waals surface area contributed by atoms with Gasteiger partial charge in [0, 0.05) is 11.5 Å². The molecule has 0 bridgehead atoms. The Balaban J connectivity index is 1.63. The summed E-state index contributed by atoms with van der Waals surface area (Å²) in [4.78, 5) is 12.3. The maximum Gasteiger partial charge on any atom is 0.334 e. The van der Waals surface area contributed by atoms with E-state index in [1.807, 2.05) is 0 Å². The number of carbonyl (C=O) groups excluding carboxylic acids is 1. The molecule has 2 heterocycles. The van der Waals surface area contributed by atoms with Gasteiger partial charge in [-0.1, -0.05) is 25.3 Å². The van der Waals surface area contributed by atoms with Crippen molar-refractivity contribution in [1.29, 1.82) is 0 Å². The number of carbonyl (C=O) groups is 1. The highest BCUT2D eigenvalue weighted by atomic mass is 16.7. The lowest BCUT2D eigenvalue weighted by Gasteiger charge is -2.41. The number of rotatable bonds is 3. The van der Waals surface area contributed by atoms with Crippen LogP contribution in [0.15, 0.2) is 36.5 Å². The molecule has 0 spiro atoms. The Labute approximate surface area is 173 Å². The van der Waals surface area contributed by atoms with Crippen molar-refractivity contribution >= 4 is 5.97 Å². The number of hydrogen-bond donors (Lipinski definition) is 5. The van der Waals surface area contributed by atoms with Gasteiger partial charge in [0.15, 0.2) is 6.29 Å². The molecule has 0 radical (unpaired) electrons. The maximum atomic E-state index is 12.3. The summed E-state index contributed by atoms with van der Waals surface area (Å²) in [6.07, 6.45) is -8.51. The minimum Gasteiger partial charge on any atom is -0.458 e. The molecular weight excluding hydrogens is 396 g/mol. The summed E-state index contributed by atoms with van der Waals surface area (Å²) in [5.41, 5.74) is 1.56. The smallest absolute Gasteiger partial charge is 0.334 e. The van der Waals surface area contributed by atoms with Crippen molar-refractivity contribution in [3.63, 3.8) is 0 Å². The highest BCUT2D eigenvalue weighted by Gasteiger charge is 2.57. The van der Waals surface area contributed by atoms with Gasteiger partial charge in [-0.2, -0.15) is 0 Å². The van der Waals surface area contributed by atoms with Gasteiger partial charge in [0.1, 0.15) is 30.5 Å². The fourth-order valence-corrected chi connectivity index (χ4v) is 5.24. The van der Waals surface area contributed by atoms with E-state index in [-0.39, 0.29) is 23.8 Å². The highest BCUT2D eigenvalue weighted by molar-refractivity contribution is 5.91. The molecule has 9 heteroatoms. The molecule has 4 fully saturated rings. The standard InChI is InChI=1S/C21H28O9/c1-7-4-12(28-21-18(26)17(25)16(24)13(6-22)29-21)15-9(3)20(27)30-19(15)14-8(2)11(23)5-10(7)14/h10-19,21-26H,1-6H2/t10-,11-,12-,13+,14-,15+,16+,17-,18+,19+,21+/m0/s1. The largest absolute Gasteiger partial charge is 0.458 e. The van der Waals surface area contributed by atoms with E-state index in [9.17, 15) is 30.3 Å². The van der Waals surface area contributed by atoms with Crippen LogP contribution >= 0.6 is 0 Å². The molecular formula is C21H28O9. The monoisotopic (exact) mass is 424 g/mol. The topological polar surface area (TPSA) is 146 Å². The van der Waals surface area contributed by atoms with Gasteiger partial charge in [-0.05, 0) is 24.3 Å². The Morgan fingerprint density at radius 3 is 2.40 bits per heavy atom. The predicted octanol–water partition coefficient (Wildman–Crippen LogP) is -1.22. The lowest BCUT2D eigenvalue weighted by atomic mass is 9.81. The second kappa shape index (κ2) is 7.83. The van der Waals surface area contributed by atoms with E-state index in [4.69, 9.17) is 14.2 Å². The molecule has 4 rings (SSSR count). The Kier molecular flexibility index (Phi) is 5.65. The van der Waals surface area contributed by atoms with Crippen molar-refractivity contribution in [2.45, 2.75) is 61.9 Å². The number of hydrogen-bond acceptors (Lipinski definition) is 9. The number of esters is 1. The molecule has 0 aromatic carbocycles. The molecule has 0 unspecified atom stereocenters. The van der Waals surface area contributed by atoms with Crippen LogP contribution in [0.3, 0.4) is 0 Å². The van der Waals surface area contributed by atoms with Crippen LogP contribution in [-0.4, -0.2) is 87.1 Å². The third-order valence-electron chi connectivity index (χ3n) is 6.93. The summed E-state index contributed by atoms with van der Waals surface area (Å²) in [6, 6.07) is 0. The van der Waals surface area contributed by atoms with E-state index in [2.05, 4.69) is 19.7 Å². The van der Waals surface area contributed by atoms with Crippen LogP contribution in [0.4, 0.5) is 0 Å². The summed E-state index contributed by atoms with van der Waals surface area (Å²) >= 11 is 0. The fourth-order valence-electron chi connectivity index (χ4n) is 5.24. The van der Waals surface area contributed by atoms with Crippen molar-refractivity contribution in [2.75, 3.05) is 6.61 Å². The molecule has 9 nitrogen and oxygen atoms in total. The Hall–Kier alpha value is -1.59. The summed E-state index contributed by atoms with van der Waals surface area (Å²) in [7, 11) is 0. The first kappa shape index (κ1) is 21.6. The van der Waals surface area contributed by atoms with Crippen LogP contribution in [0.1, 0.15) is 12.8 Å². The minimum absolute atomic E-state index is 0.151. The summed E-state index contributed by atoms with van der Waals surface area (Å²) in [5.74, 6) is -1.64. The van der Waals surface area contributed by atoms with Gasteiger partial charge < -0.3 is 39.7 Å². The molecule has 2 aliphatic heterocycles. The number of ether oxygens (including phenoxy) is 3. The molecule has 30 heavy (non-hydrogen) atoms. The summed E-state index contributed by atoms with van der Waals surface area (Å²) in [5, 5.41) is 50.1. The Morgan fingerprint density at radius 1 is 1.03 bits per heavy atom. The zero-order chi connectivity index (χ0) is 21.9. The molecule has 11 atom stereocenters. The summed E-state index contributed by atoms with van der Waals surface area (Å²) in [6.45, 7) is 11.4. The van der Waals surface area contributed by atoms with E-state index in [0.717, 1.165) is 5.57 Å². The lowest BCUT2D eigenvalue weighted by Crippen LogP contribution is -2.60. The number of aliphatic hydroxyl groups is 5. The van der Waals surface area contributed by atoms with Gasteiger partial charge >= 0.3 is 5.97 Å². The third-order valence-corrected chi connectivity index (χ3v) is 6.93. The van der Waals surface area contributed by atoms with Crippen LogP contribution in [0.5, 0.6) is 0 Å². The Bertz CT molecular complexity index is 762. The Morgan fingerprint density at radius 2 is 1.73 bits per heavy atom. The lowest BCUT2D eigenvalue weighted by molar-refractivity contribution is -0.314. The van der Waals surface area contributed by atoms with Crippen molar-refractivity contribution in [3.05, 3.63) is 36.5 Å². The second-order valence-electron chi connectivity index (χ2n) is 8.61. The van der Waals surface area contributed by atoms with E-state index >= 15 is 0 Å². The molecule has 2 aliphatic carbocycles. The van der Waals surface area contributed by atoms with E-state index in [1.165, 1.54) is 0 Å². The van der Waals surface area contributed by atoms with E-state index in [1.54, 1.807) is 0 Å². The van der Waals surface area contributed by atoms with Crippen LogP contribution in [0, 0.1) is 17.8 Å². The average Bonchev–Trinajstić information content (AvgIpc) is 3.13. The molecule has 0 aromatic rings. The van der Waals surface area contributed by atoms with Crippen molar-refractivity contribution in [1.82, 2.24) is 0 Å². The number of fused-ring (bicyclic) bond motifs is 3. The molecule has 2 saturated heterocycles. The normalized spacial score (nSPS) is 48.9. The van der Waals surface area contributed by atoms with Crippen LogP contribution in [0.25, 0.3) is 0 Å². The van der Waals surface area contributed by atoms with Crippen LogP contribution in [-0.2, 0) is 19.0 Å². The molecule has 4 aliphatic rings. The molecule has 0 amide bonds. The molecule has 166 valence electrons. The molecule has 2 saturated carbocycles. The van der Waals surface area contributed by atoms with Gasteiger partial charge in [-0.3, -0.25) is 0 Å². The maximum absolute atomic E-state index is 12.3. The van der Waals surface area contributed by atoms with Crippen LogP contribution < -0.4 is 0 Å².